The van der Waals surface area contributed by atoms with Crippen LogP contribution in [-0.2, 0) is 5.44 Å². The number of fused-ring (bicyclic) bond motifs is 1. The summed E-state index contributed by atoms with van der Waals surface area (Å²) in [6, 6.07) is 23.6. The van der Waals surface area contributed by atoms with Crippen LogP contribution < -0.4 is 10.6 Å². The van der Waals surface area contributed by atoms with Gasteiger partial charge in [-0.1, -0.05) is 59.3 Å². The van der Waals surface area contributed by atoms with E-state index in [0.717, 1.165) is 18.4 Å². The minimum absolute atomic E-state index is 0.251. The first-order valence-electron chi connectivity index (χ1n) is 13.9. The largest absolute Gasteiger partial charge is 0.378 e. The Labute approximate surface area is 254 Å². The van der Waals surface area contributed by atoms with Crippen molar-refractivity contribution >= 4 is 41.7 Å². The van der Waals surface area contributed by atoms with Gasteiger partial charge < -0.3 is 10.6 Å². The first kappa shape index (κ1) is 28.2. The van der Waals surface area contributed by atoms with Gasteiger partial charge in [-0.25, -0.2) is 9.07 Å². The van der Waals surface area contributed by atoms with Crippen molar-refractivity contribution < 1.29 is 4.39 Å². The topological polar surface area (TPSA) is 115 Å². The lowest BCUT2D eigenvalue weighted by Gasteiger charge is -2.32. The summed E-state index contributed by atoms with van der Waals surface area (Å²) in [5.74, 6) is -0.392. The number of halogens is 2. The van der Waals surface area contributed by atoms with E-state index in [9.17, 15) is 14.9 Å². The molecule has 1 aliphatic rings. The van der Waals surface area contributed by atoms with Gasteiger partial charge in [-0.05, 0) is 54.7 Å². The highest BCUT2D eigenvalue weighted by atomic mass is 35.5. The average molecular weight is 587 g/mol. The Morgan fingerprint density at radius 2 is 1.88 bits per heavy atom. The molecule has 0 amide bonds. The van der Waals surface area contributed by atoms with Crippen LogP contribution in [0.25, 0.3) is 10.9 Å². The Kier molecular flexibility index (Phi) is 7.71. The predicted molar refractivity (Wildman–Crippen MR) is 164 cm³/mol. The second-order valence-electron chi connectivity index (χ2n) is 10.6. The molecule has 0 bridgehead atoms. The van der Waals surface area contributed by atoms with Gasteiger partial charge in [0.05, 0.1) is 51.6 Å². The summed E-state index contributed by atoms with van der Waals surface area (Å²) in [7, 11) is 7.05. The van der Waals surface area contributed by atoms with E-state index >= 15 is 0 Å². The molecule has 5 aromatic rings. The third kappa shape index (κ3) is 5.75. The number of anilines is 2. The van der Waals surface area contributed by atoms with E-state index in [-0.39, 0.29) is 12.1 Å². The van der Waals surface area contributed by atoms with Gasteiger partial charge in [0, 0.05) is 23.7 Å². The van der Waals surface area contributed by atoms with Gasteiger partial charge >= 0.3 is 0 Å². The Morgan fingerprint density at radius 3 is 2.58 bits per heavy atom. The van der Waals surface area contributed by atoms with E-state index in [0.29, 0.717) is 57.0 Å². The summed E-state index contributed by atoms with van der Waals surface area (Å²) in [5, 5.41) is 35.8. The lowest BCUT2D eigenvalue weighted by atomic mass is 9.69. The second-order valence-corrected chi connectivity index (χ2v) is 11.0. The number of nitrogens with one attached hydrogen (secondary N) is 2. The number of hydrogen-bond acceptors (Lipinski definition) is 7. The van der Waals surface area contributed by atoms with Crippen LogP contribution in [0, 0.1) is 28.5 Å². The molecule has 2 N–H and O–H groups in total. The van der Waals surface area contributed by atoms with Crippen LogP contribution in [0.5, 0.6) is 0 Å². The van der Waals surface area contributed by atoms with Gasteiger partial charge in [0.1, 0.15) is 25.4 Å². The molecule has 2 radical (unpaired) electrons. The highest BCUT2D eigenvalue weighted by molar-refractivity contribution is 6.36. The summed E-state index contributed by atoms with van der Waals surface area (Å²) < 4.78 is 15.7. The fourth-order valence-electron chi connectivity index (χ4n) is 5.16. The molecule has 1 saturated carbocycles. The van der Waals surface area contributed by atoms with Gasteiger partial charge in [0.25, 0.3) is 0 Å². The molecular formula is C32H25BClFN8. The fourth-order valence-corrected chi connectivity index (χ4v) is 5.43. The summed E-state index contributed by atoms with van der Waals surface area (Å²) in [4.78, 5) is 4.47. The molecule has 3 aromatic carbocycles. The number of benzene rings is 3. The SMILES string of the molecule is [B]C(Nc1cc(Cl)c2ncc(C#N)c(N[C@@H](CCC#N)c3ccccc3)c2c1)(c1ccc(F)cc1)c1cn(C2CC2)nn1. The summed E-state index contributed by atoms with van der Waals surface area (Å²) in [5.41, 5.74) is 2.47. The maximum absolute atomic E-state index is 13.9. The molecule has 2 aromatic heterocycles. The summed E-state index contributed by atoms with van der Waals surface area (Å²) in [6.45, 7) is 0. The van der Waals surface area contributed by atoms with Gasteiger partial charge in [-0.2, -0.15) is 10.5 Å². The molecule has 6 rings (SSSR count). The third-order valence-corrected chi connectivity index (χ3v) is 7.88. The second kappa shape index (κ2) is 11.8. The smallest absolute Gasteiger partial charge is 0.123 e. The van der Waals surface area contributed by atoms with Crippen LogP contribution in [0.3, 0.4) is 0 Å². The Balaban J connectivity index is 1.45. The van der Waals surface area contributed by atoms with Crippen molar-refractivity contribution in [3.8, 4) is 12.1 Å². The lowest BCUT2D eigenvalue weighted by molar-refractivity contribution is 0.610. The molecular weight excluding hydrogens is 562 g/mol. The highest BCUT2D eigenvalue weighted by Gasteiger charge is 2.34. The molecule has 43 heavy (non-hydrogen) atoms. The minimum Gasteiger partial charge on any atom is -0.378 e. The summed E-state index contributed by atoms with van der Waals surface area (Å²) in [6.07, 6.45) is 6.17. The zero-order chi connectivity index (χ0) is 30.0. The maximum Gasteiger partial charge on any atom is 0.123 e. The van der Waals surface area contributed by atoms with Crippen molar-refractivity contribution in [3.05, 3.63) is 112 Å². The molecule has 2 atom stereocenters. The molecule has 0 aliphatic heterocycles. The number of nitrogens with zero attached hydrogens (tertiary/aromatic N) is 6. The molecule has 0 saturated heterocycles. The zero-order valence-electron chi connectivity index (χ0n) is 23.0. The Hall–Kier alpha value is -4.93. The van der Waals surface area contributed by atoms with Gasteiger partial charge in [0.15, 0.2) is 0 Å². The standard InChI is InChI=1S/C32H25BClFN8/c33-32(22-8-10-23(35)11-9-22,29-19-43(42-41-29)25-12-13-25)40-24-15-26-30(21(17-37)18-38-31(26)27(34)16-24)39-28(7-4-14-36)20-5-2-1-3-6-20/h1-3,5-6,8-11,15-16,18-19,25,28,40H,4,7,12-13H2,(H,38,39)/t28-,32?/m0/s1. The maximum atomic E-state index is 13.9. The molecule has 0 spiro atoms. The van der Waals surface area contributed by atoms with E-state index in [2.05, 4.69) is 38.1 Å². The van der Waals surface area contributed by atoms with Crippen LogP contribution >= 0.6 is 11.6 Å². The van der Waals surface area contributed by atoms with E-state index in [4.69, 9.17) is 19.4 Å². The molecule has 2 heterocycles. The minimum atomic E-state index is -1.40. The van der Waals surface area contributed by atoms with E-state index in [1.165, 1.54) is 18.3 Å². The van der Waals surface area contributed by atoms with Gasteiger partial charge in [0.2, 0.25) is 0 Å². The molecule has 8 nitrogen and oxygen atoms in total. The van der Waals surface area contributed by atoms with Crippen molar-refractivity contribution in [2.24, 2.45) is 0 Å². The third-order valence-electron chi connectivity index (χ3n) is 7.59. The number of aromatic nitrogens is 4. The van der Waals surface area contributed by atoms with Gasteiger partial charge in [-0.3, -0.25) is 4.98 Å². The van der Waals surface area contributed by atoms with Crippen LogP contribution in [0.4, 0.5) is 15.8 Å². The Morgan fingerprint density at radius 1 is 1.12 bits per heavy atom. The van der Waals surface area contributed by atoms with Crippen LogP contribution in [0.2, 0.25) is 5.02 Å². The molecule has 1 aliphatic carbocycles. The van der Waals surface area contributed by atoms with Crippen molar-refractivity contribution in [1.82, 2.24) is 20.0 Å². The van der Waals surface area contributed by atoms with Crippen LogP contribution in [0.1, 0.15) is 60.2 Å². The van der Waals surface area contributed by atoms with Crippen molar-refractivity contribution in [1.29, 1.82) is 10.5 Å². The number of hydrogen-bond donors (Lipinski definition) is 2. The molecule has 210 valence electrons. The first-order valence-corrected chi connectivity index (χ1v) is 14.2. The lowest BCUT2D eigenvalue weighted by Crippen LogP contribution is -2.37. The van der Waals surface area contributed by atoms with Gasteiger partial charge in [-0.15, -0.1) is 5.10 Å². The van der Waals surface area contributed by atoms with E-state index in [1.54, 1.807) is 29.1 Å². The van der Waals surface area contributed by atoms with Crippen molar-refractivity contribution in [3.63, 3.8) is 0 Å². The molecule has 1 unspecified atom stereocenters. The van der Waals surface area contributed by atoms with Crippen molar-refractivity contribution in [2.45, 2.75) is 43.2 Å². The monoisotopic (exact) mass is 586 g/mol. The quantitative estimate of drug-likeness (QED) is 0.174. The number of rotatable bonds is 10. The number of pyridine rings is 1. The number of nitriles is 2. The van der Waals surface area contributed by atoms with Crippen LogP contribution in [0.15, 0.2) is 79.1 Å². The summed E-state index contributed by atoms with van der Waals surface area (Å²) >= 11 is 6.78. The molecule has 1 fully saturated rings. The highest BCUT2D eigenvalue weighted by Crippen LogP contribution is 2.39. The van der Waals surface area contributed by atoms with Crippen molar-refractivity contribution in [2.75, 3.05) is 10.6 Å². The van der Waals surface area contributed by atoms with E-state index < -0.39 is 11.3 Å². The normalized spacial score (nSPS) is 14.8. The molecule has 11 heteroatoms. The fraction of sp³-hybridized carbons (Fsp3) is 0.219. The van der Waals surface area contributed by atoms with Crippen LogP contribution in [-0.4, -0.2) is 27.8 Å². The zero-order valence-corrected chi connectivity index (χ0v) is 23.8. The average Bonchev–Trinajstić information content (AvgIpc) is 3.75. The predicted octanol–water partition coefficient (Wildman–Crippen LogP) is 6.76. The first-order chi connectivity index (χ1) is 20.9. The van der Waals surface area contributed by atoms with E-state index in [1.807, 2.05) is 36.4 Å². The Bertz CT molecular complexity index is 1860.